The number of hydrogen-bond donors (Lipinski definition) is 0. The first-order valence-corrected chi connectivity index (χ1v) is 9.42. The second kappa shape index (κ2) is 6.66. The molecule has 0 N–H and O–H groups in total. The highest BCUT2D eigenvalue weighted by Gasteiger charge is 2.26. The van der Waals surface area contributed by atoms with Crippen molar-refractivity contribution < 1.29 is 8.42 Å². The third-order valence-corrected chi connectivity index (χ3v) is 6.21. The molecule has 0 atom stereocenters. The molecule has 23 heavy (non-hydrogen) atoms. The van der Waals surface area contributed by atoms with Gasteiger partial charge < -0.3 is 4.57 Å². The molecular weight excluding hydrogens is 330 g/mol. The average molecular weight is 347 g/mol. The van der Waals surface area contributed by atoms with Gasteiger partial charge in [-0.25, -0.2) is 8.42 Å². The summed E-state index contributed by atoms with van der Waals surface area (Å²) in [6.07, 6.45) is 4.87. The summed E-state index contributed by atoms with van der Waals surface area (Å²) in [7, 11) is -1.69. The van der Waals surface area contributed by atoms with E-state index in [-0.39, 0.29) is 4.90 Å². The van der Waals surface area contributed by atoms with Crippen LogP contribution in [0.3, 0.4) is 0 Å². The lowest BCUT2D eigenvalue weighted by molar-refractivity contribution is 0.395. The number of thiophene rings is 1. The third kappa shape index (κ3) is 3.52. The minimum atomic E-state index is -3.61. The first kappa shape index (κ1) is 15.9. The SMILES string of the molecule is Cn1cccc1CN(Cc1cccs1)S(=O)(=O)c1cccnc1. The van der Waals surface area contributed by atoms with Crippen LogP contribution in [0.25, 0.3) is 0 Å². The van der Waals surface area contributed by atoms with E-state index in [1.165, 1.54) is 10.5 Å². The van der Waals surface area contributed by atoms with Crippen molar-refractivity contribution >= 4 is 21.4 Å². The maximum absolute atomic E-state index is 13.0. The maximum atomic E-state index is 13.0. The Balaban J connectivity index is 1.96. The van der Waals surface area contributed by atoms with Crippen LogP contribution in [0.1, 0.15) is 10.6 Å². The molecule has 0 spiro atoms. The van der Waals surface area contributed by atoms with Gasteiger partial charge in [0.15, 0.2) is 0 Å². The fraction of sp³-hybridized carbons (Fsp3) is 0.188. The molecule has 3 rings (SSSR count). The van der Waals surface area contributed by atoms with Crippen molar-refractivity contribution in [2.24, 2.45) is 7.05 Å². The van der Waals surface area contributed by atoms with Crippen molar-refractivity contribution in [3.8, 4) is 0 Å². The first-order chi connectivity index (χ1) is 11.1. The molecule has 0 aromatic carbocycles. The Morgan fingerprint density at radius 1 is 1.17 bits per heavy atom. The standard InChI is InChI=1S/C16H17N3O2S2/c1-18-9-3-5-14(18)12-19(13-15-6-4-10-22-15)23(20,21)16-7-2-8-17-11-16/h2-11H,12-13H2,1H3. The summed E-state index contributed by atoms with van der Waals surface area (Å²) in [5.74, 6) is 0. The molecule has 0 saturated carbocycles. The number of nitrogens with zero attached hydrogens (tertiary/aromatic N) is 3. The summed E-state index contributed by atoms with van der Waals surface area (Å²) in [6.45, 7) is 0.665. The highest BCUT2D eigenvalue weighted by atomic mass is 32.2. The van der Waals surface area contributed by atoms with Gasteiger partial charge in [-0.3, -0.25) is 4.98 Å². The second-order valence-corrected chi connectivity index (χ2v) is 8.12. The number of aromatic nitrogens is 2. The zero-order valence-electron chi connectivity index (χ0n) is 12.7. The summed E-state index contributed by atoms with van der Waals surface area (Å²) in [5.41, 5.74) is 0.939. The van der Waals surface area contributed by atoms with Crippen LogP contribution in [0.2, 0.25) is 0 Å². The zero-order valence-corrected chi connectivity index (χ0v) is 14.3. The molecule has 5 nitrogen and oxygen atoms in total. The number of aryl methyl sites for hydroxylation is 1. The van der Waals surface area contributed by atoms with Crippen molar-refractivity contribution in [2.75, 3.05) is 0 Å². The fourth-order valence-electron chi connectivity index (χ4n) is 2.29. The minimum Gasteiger partial charge on any atom is -0.353 e. The van der Waals surface area contributed by atoms with E-state index in [9.17, 15) is 8.42 Å². The molecule has 0 aliphatic carbocycles. The molecule has 0 fully saturated rings. The van der Waals surface area contributed by atoms with Crippen molar-refractivity contribution in [3.63, 3.8) is 0 Å². The van der Waals surface area contributed by atoms with E-state index in [2.05, 4.69) is 4.98 Å². The topological polar surface area (TPSA) is 55.2 Å². The predicted octanol–water partition coefficient (Wildman–Crippen LogP) is 2.87. The Morgan fingerprint density at radius 2 is 2.04 bits per heavy atom. The monoisotopic (exact) mass is 347 g/mol. The Labute approximate surface area is 139 Å². The molecule has 0 bridgehead atoms. The van der Waals surface area contributed by atoms with Crippen molar-refractivity contribution in [1.82, 2.24) is 13.9 Å². The van der Waals surface area contributed by atoms with Gasteiger partial charge in [-0.2, -0.15) is 4.31 Å². The van der Waals surface area contributed by atoms with Crippen molar-refractivity contribution in [1.29, 1.82) is 0 Å². The van der Waals surface area contributed by atoms with E-state index < -0.39 is 10.0 Å². The third-order valence-electron chi connectivity index (χ3n) is 3.57. The molecule has 3 aromatic heterocycles. The quantitative estimate of drug-likeness (QED) is 0.689. The van der Waals surface area contributed by atoms with Crippen LogP contribution >= 0.6 is 11.3 Å². The summed E-state index contributed by atoms with van der Waals surface area (Å²) in [6, 6.07) is 10.9. The van der Waals surface area contributed by atoms with Crippen molar-refractivity contribution in [3.05, 3.63) is 70.9 Å². The van der Waals surface area contributed by atoms with Gasteiger partial charge in [-0.1, -0.05) is 6.07 Å². The Kier molecular flexibility index (Phi) is 4.61. The Hall–Kier alpha value is -1.96. The van der Waals surface area contributed by atoms with Gasteiger partial charge in [0.05, 0.1) is 6.54 Å². The van der Waals surface area contributed by atoms with Gasteiger partial charge in [0.25, 0.3) is 0 Å². The van der Waals surface area contributed by atoms with Gasteiger partial charge in [0.2, 0.25) is 10.0 Å². The molecule has 120 valence electrons. The molecule has 0 amide bonds. The number of rotatable bonds is 6. The summed E-state index contributed by atoms with van der Waals surface area (Å²) < 4.78 is 29.4. The minimum absolute atomic E-state index is 0.214. The fourth-order valence-corrected chi connectivity index (χ4v) is 4.45. The van der Waals surface area contributed by atoms with E-state index in [1.54, 1.807) is 29.7 Å². The molecule has 0 aliphatic heterocycles. The smallest absolute Gasteiger partial charge is 0.245 e. The van der Waals surface area contributed by atoms with E-state index >= 15 is 0 Å². The summed E-state index contributed by atoms with van der Waals surface area (Å²) >= 11 is 1.55. The van der Waals surface area contributed by atoms with Crippen LogP contribution in [-0.2, 0) is 30.2 Å². The summed E-state index contributed by atoms with van der Waals surface area (Å²) in [5, 5.41) is 1.95. The number of hydrogen-bond acceptors (Lipinski definition) is 4. The molecule has 0 unspecified atom stereocenters. The summed E-state index contributed by atoms with van der Waals surface area (Å²) in [4.78, 5) is 5.16. The van der Waals surface area contributed by atoms with E-state index in [1.807, 2.05) is 47.5 Å². The average Bonchev–Trinajstić information content (AvgIpc) is 3.20. The van der Waals surface area contributed by atoms with Gasteiger partial charge in [-0.15, -0.1) is 11.3 Å². The normalized spacial score (nSPS) is 11.9. The van der Waals surface area contributed by atoms with Gasteiger partial charge >= 0.3 is 0 Å². The Bertz CT molecular complexity index is 856. The Morgan fingerprint density at radius 3 is 2.65 bits per heavy atom. The first-order valence-electron chi connectivity index (χ1n) is 7.10. The highest BCUT2D eigenvalue weighted by Crippen LogP contribution is 2.22. The molecule has 0 aliphatic rings. The van der Waals surface area contributed by atoms with Gasteiger partial charge in [0, 0.05) is 42.8 Å². The van der Waals surface area contributed by atoms with E-state index in [4.69, 9.17) is 0 Å². The molecule has 3 heterocycles. The van der Waals surface area contributed by atoms with Crippen molar-refractivity contribution in [2.45, 2.75) is 18.0 Å². The van der Waals surface area contributed by atoms with E-state index in [0.29, 0.717) is 13.1 Å². The second-order valence-electron chi connectivity index (χ2n) is 5.15. The van der Waals surface area contributed by atoms with Crippen LogP contribution in [0.4, 0.5) is 0 Å². The van der Waals surface area contributed by atoms with Crippen LogP contribution < -0.4 is 0 Å². The van der Waals surface area contributed by atoms with Gasteiger partial charge in [0.1, 0.15) is 4.90 Å². The van der Waals surface area contributed by atoms with Crippen LogP contribution in [0.15, 0.2) is 65.3 Å². The number of sulfonamides is 1. The largest absolute Gasteiger partial charge is 0.353 e. The maximum Gasteiger partial charge on any atom is 0.245 e. The van der Waals surface area contributed by atoms with Crippen LogP contribution in [0.5, 0.6) is 0 Å². The highest BCUT2D eigenvalue weighted by molar-refractivity contribution is 7.89. The van der Waals surface area contributed by atoms with Crippen LogP contribution in [-0.4, -0.2) is 22.3 Å². The van der Waals surface area contributed by atoms with Gasteiger partial charge in [-0.05, 0) is 35.7 Å². The molecule has 7 heteroatoms. The lowest BCUT2D eigenvalue weighted by Gasteiger charge is -2.22. The lowest BCUT2D eigenvalue weighted by Crippen LogP contribution is -2.30. The number of pyridine rings is 1. The predicted molar refractivity (Wildman–Crippen MR) is 90.4 cm³/mol. The lowest BCUT2D eigenvalue weighted by atomic mass is 10.4. The molecule has 3 aromatic rings. The van der Waals surface area contributed by atoms with E-state index in [0.717, 1.165) is 10.6 Å². The van der Waals surface area contributed by atoms with Crippen LogP contribution in [0, 0.1) is 0 Å². The molecule has 0 saturated heterocycles. The zero-order chi connectivity index (χ0) is 16.3. The molecular formula is C16H17N3O2S2. The molecule has 0 radical (unpaired) electrons.